The maximum Gasteiger partial charge on any atom is 0.0971 e. The molecule has 2 rings (SSSR count). The predicted octanol–water partition coefficient (Wildman–Crippen LogP) is 4.62. The van der Waals surface area contributed by atoms with Gasteiger partial charge in [-0.2, -0.15) is 0 Å². The third kappa shape index (κ3) is 2.92. The highest BCUT2D eigenvalue weighted by Gasteiger charge is 2.06. The zero-order valence-electron chi connectivity index (χ0n) is 9.40. The highest BCUT2D eigenvalue weighted by Crippen LogP contribution is 2.24. The molecular weight excluding hydrogens is 282 g/mol. The molecule has 0 spiro atoms. The first-order valence-electron chi connectivity index (χ1n) is 5.34. The molecule has 0 saturated carbocycles. The second kappa shape index (κ2) is 5.11. The standard InChI is InChI=1S/C13H14BrNS/c1-9(2)12-8-15-13(16-12)7-10-4-3-5-11(14)6-10/h3-6,8-9H,7H2,1-2H3. The molecule has 1 aromatic carbocycles. The minimum atomic E-state index is 0.578. The van der Waals surface area contributed by atoms with Crippen molar-refractivity contribution in [1.82, 2.24) is 4.98 Å². The lowest BCUT2D eigenvalue weighted by Gasteiger charge is -1.99. The van der Waals surface area contributed by atoms with Crippen LogP contribution in [0.1, 0.15) is 35.2 Å². The Balaban J connectivity index is 2.14. The number of halogens is 1. The van der Waals surface area contributed by atoms with Crippen molar-refractivity contribution in [3.8, 4) is 0 Å². The van der Waals surface area contributed by atoms with Crippen molar-refractivity contribution in [3.63, 3.8) is 0 Å². The summed E-state index contributed by atoms with van der Waals surface area (Å²) < 4.78 is 1.13. The van der Waals surface area contributed by atoms with Crippen LogP contribution in [0.5, 0.6) is 0 Å². The summed E-state index contributed by atoms with van der Waals surface area (Å²) in [5.74, 6) is 0.578. The molecule has 0 saturated heterocycles. The van der Waals surface area contributed by atoms with Gasteiger partial charge in [-0.3, -0.25) is 0 Å². The molecule has 0 fully saturated rings. The van der Waals surface area contributed by atoms with Crippen LogP contribution in [0, 0.1) is 0 Å². The van der Waals surface area contributed by atoms with Crippen LogP contribution in [-0.4, -0.2) is 4.98 Å². The van der Waals surface area contributed by atoms with Crippen LogP contribution in [0.3, 0.4) is 0 Å². The Bertz CT molecular complexity index is 476. The van der Waals surface area contributed by atoms with Gasteiger partial charge in [0, 0.05) is 22.0 Å². The third-order valence-corrected chi connectivity index (χ3v) is 4.18. The van der Waals surface area contributed by atoms with E-state index in [4.69, 9.17) is 0 Å². The minimum absolute atomic E-state index is 0.578. The van der Waals surface area contributed by atoms with E-state index < -0.39 is 0 Å². The molecule has 1 nitrogen and oxygen atoms in total. The molecular formula is C13H14BrNS. The summed E-state index contributed by atoms with van der Waals surface area (Å²) in [6.45, 7) is 4.41. The summed E-state index contributed by atoms with van der Waals surface area (Å²) in [5, 5.41) is 1.20. The van der Waals surface area contributed by atoms with E-state index in [1.165, 1.54) is 15.4 Å². The fraction of sp³-hybridized carbons (Fsp3) is 0.308. The lowest BCUT2D eigenvalue weighted by atomic mass is 10.2. The maximum atomic E-state index is 4.47. The smallest absolute Gasteiger partial charge is 0.0971 e. The van der Waals surface area contributed by atoms with E-state index in [2.05, 4.69) is 53.0 Å². The van der Waals surface area contributed by atoms with Crippen molar-refractivity contribution in [1.29, 1.82) is 0 Å². The molecule has 3 heteroatoms. The van der Waals surface area contributed by atoms with E-state index in [1.807, 2.05) is 23.6 Å². The largest absolute Gasteiger partial charge is 0.249 e. The van der Waals surface area contributed by atoms with Gasteiger partial charge in [0.25, 0.3) is 0 Å². The van der Waals surface area contributed by atoms with Crippen LogP contribution < -0.4 is 0 Å². The number of rotatable bonds is 3. The Morgan fingerprint density at radius 1 is 1.38 bits per heavy atom. The Hall–Kier alpha value is -0.670. The van der Waals surface area contributed by atoms with Gasteiger partial charge in [-0.15, -0.1) is 11.3 Å². The normalized spacial score (nSPS) is 11.0. The van der Waals surface area contributed by atoms with Crippen LogP contribution in [0.25, 0.3) is 0 Å². The molecule has 84 valence electrons. The van der Waals surface area contributed by atoms with E-state index in [-0.39, 0.29) is 0 Å². The fourth-order valence-electron chi connectivity index (χ4n) is 1.49. The molecule has 0 aliphatic carbocycles. The third-order valence-electron chi connectivity index (χ3n) is 2.38. The zero-order valence-corrected chi connectivity index (χ0v) is 11.8. The van der Waals surface area contributed by atoms with Gasteiger partial charge in [0.1, 0.15) is 0 Å². The van der Waals surface area contributed by atoms with Gasteiger partial charge in [0.15, 0.2) is 0 Å². The van der Waals surface area contributed by atoms with Crippen molar-refractivity contribution < 1.29 is 0 Å². The van der Waals surface area contributed by atoms with Crippen molar-refractivity contribution in [2.24, 2.45) is 0 Å². The van der Waals surface area contributed by atoms with Gasteiger partial charge >= 0.3 is 0 Å². The molecule has 0 N–H and O–H groups in total. The Morgan fingerprint density at radius 3 is 2.81 bits per heavy atom. The maximum absolute atomic E-state index is 4.47. The predicted molar refractivity (Wildman–Crippen MR) is 73.2 cm³/mol. The van der Waals surface area contributed by atoms with E-state index in [9.17, 15) is 0 Å². The average Bonchev–Trinajstić information content (AvgIpc) is 2.66. The van der Waals surface area contributed by atoms with Gasteiger partial charge < -0.3 is 0 Å². The van der Waals surface area contributed by atoms with Crippen LogP contribution in [0.2, 0.25) is 0 Å². The van der Waals surface area contributed by atoms with Crippen molar-refractivity contribution in [2.75, 3.05) is 0 Å². The van der Waals surface area contributed by atoms with Gasteiger partial charge in [0.05, 0.1) is 5.01 Å². The van der Waals surface area contributed by atoms with Crippen LogP contribution in [-0.2, 0) is 6.42 Å². The second-order valence-corrected chi connectivity index (χ2v) is 6.18. The fourth-order valence-corrected chi connectivity index (χ4v) is 2.90. The van der Waals surface area contributed by atoms with Gasteiger partial charge in [-0.05, 0) is 23.6 Å². The topological polar surface area (TPSA) is 12.9 Å². The summed E-state index contributed by atoms with van der Waals surface area (Å²) in [6, 6.07) is 8.40. The molecule has 1 heterocycles. The molecule has 0 bridgehead atoms. The molecule has 1 aromatic heterocycles. The lowest BCUT2D eigenvalue weighted by Crippen LogP contribution is -1.85. The number of hydrogen-bond acceptors (Lipinski definition) is 2. The number of benzene rings is 1. The van der Waals surface area contributed by atoms with Crippen LogP contribution in [0.4, 0.5) is 0 Å². The summed E-state index contributed by atoms with van der Waals surface area (Å²) in [5.41, 5.74) is 1.30. The molecule has 2 aromatic rings. The average molecular weight is 296 g/mol. The van der Waals surface area contributed by atoms with E-state index in [1.54, 1.807) is 0 Å². The SMILES string of the molecule is CC(C)c1cnc(Cc2cccc(Br)c2)s1. The summed E-state index contributed by atoms with van der Waals surface area (Å²) in [7, 11) is 0. The second-order valence-electron chi connectivity index (χ2n) is 4.12. The highest BCUT2D eigenvalue weighted by molar-refractivity contribution is 9.10. The zero-order chi connectivity index (χ0) is 11.5. The minimum Gasteiger partial charge on any atom is -0.249 e. The lowest BCUT2D eigenvalue weighted by molar-refractivity contribution is 0.885. The Labute approximate surface area is 109 Å². The van der Waals surface area contributed by atoms with E-state index in [0.717, 1.165) is 10.9 Å². The molecule has 0 amide bonds. The van der Waals surface area contributed by atoms with Gasteiger partial charge in [0.2, 0.25) is 0 Å². The molecule has 0 unspecified atom stereocenters. The monoisotopic (exact) mass is 295 g/mol. The Kier molecular flexibility index (Phi) is 3.77. The van der Waals surface area contributed by atoms with E-state index >= 15 is 0 Å². The van der Waals surface area contributed by atoms with Gasteiger partial charge in [-0.25, -0.2) is 4.98 Å². The molecule has 0 aliphatic rings. The first-order valence-corrected chi connectivity index (χ1v) is 6.95. The summed E-state index contributed by atoms with van der Waals surface area (Å²) in [6.07, 6.45) is 2.93. The number of aromatic nitrogens is 1. The molecule has 0 atom stereocenters. The molecule has 0 aliphatic heterocycles. The first-order chi connectivity index (χ1) is 7.65. The summed E-state index contributed by atoms with van der Waals surface area (Å²) >= 11 is 5.30. The van der Waals surface area contributed by atoms with E-state index in [0.29, 0.717) is 5.92 Å². The van der Waals surface area contributed by atoms with Crippen molar-refractivity contribution >= 4 is 27.3 Å². The molecule has 0 radical (unpaired) electrons. The number of hydrogen-bond donors (Lipinski definition) is 0. The van der Waals surface area contributed by atoms with Crippen LogP contribution >= 0.6 is 27.3 Å². The summed E-state index contributed by atoms with van der Waals surface area (Å²) in [4.78, 5) is 5.83. The Morgan fingerprint density at radius 2 is 2.19 bits per heavy atom. The van der Waals surface area contributed by atoms with Crippen LogP contribution in [0.15, 0.2) is 34.9 Å². The molecule has 16 heavy (non-hydrogen) atoms. The van der Waals surface area contributed by atoms with Crippen molar-refractivity contribution in [3.05, 3.63) is 50.4 Å². The van der Waals surface area contributed by atoms with Crippen molar-refractivity contribution in [2.45, 2.75) is 26.2 Å². The number of thiazole rings is 1. The highest BCUT2D eigenvalue weighted by atomic mass is 79.9. The first kappa shape index (κ1) is 11.8. The quantitative estimate of drug-likeness (QED) is 0.805. The number of nitrogens with zero attached hydrogens (tertiary/aromatic N) is 1. The van der Waals surface area contributed by atoms with Gasteiger partial charge in [-0.1, -0.05) is 41.9 Å².